The Morgan fingerprint density at radius 3 is 2.72 bits per heavy atom. The van der Waals surface area contributed by atoms with Crippen LogP contribution >= 0.6 is 0 Å². The third-order valence-corrected chi connectivity index (χ3v) is 2.80. The van der Waals surface area contributed by atoms with Crippen molar-refractivity contribution in [3.63, 3.8) is 0 Å². The monoisotopic (exact) mass is 248 g/mol. The largest absolute Gasteiger partial charge is 0.508 e. The Bertz CT molecular complexity index is 527. The van der Waals surface area contributed by atoms with Gasteiger partial charge in [0.25, 0.3) is 11.8 Å². The number of likely N-dealkylation sites (tertiary alicyclic amines) is 1. The van der Waals surface area contributed by atoms with Crippen molar-refractivity contribution in [2.24, 2.45) is 0 Å². The minimum atomic E-state index is -0.822. The van der Waals surface area contributed by atoms with Gasteiger partial charge in [-0.1, -0.05) is 6.07 Å². The summed E-state index contributed by atoms with van der Waals surface area (Å²) in [5.74, 6) is -1.27. The topological polar surface area (TPSA) is 86.7 Å². The Morgan fingerprint density at radius 2 is 2.17 bits per heavy atom. The molecule has 6 heteroatoms. The molecule has 18 heavy (non-hydrogen) atoms. The number of aromatic hydroxyl groups is 1. The Hall–Kier alpha value is -2.37. The molecule has 0 radical (unpaired) electrons. The van der Waals surface area contributed by atoms with Gasteiger partial charge in [-0.2, -0.15) is 0 Å². The molecule has 2 N–H and O–H groups in total. The maximum atomic E-state index is 11.8. The molecule has 1 atom stereocenters. The van der Waals surface area contributed by atoms with E-state index < -0.39 is 17.9 Å². The zero-order valence-electron chi connectivity index (χ0n) is 9.71. The summed E-state index contributed by atoms with van der Waals surface area (Å²) in [6.45, 7) is 0. The molecule has 0 spiro atoms. The first-order valence-corrected chi connectivity index (χ1v) is 5.39. The van der Waals surface area contributed by atoms with Gasteiger partial charge in [0, 0.05) is 12.6 Å². The third kappa shape index (κ3) is 2.17. The molecule has 2 rings (SSSR count). The van der Waals surface area contributed by atoms with Gasteiger partial charge in [-0.3, -0.25) is 19.3 Å². The van der Waals surface area contributed by atoms with Crippen molar-refractivity contribution < 1.29 is 19.5 Å². The minimum absolute atomic E-state index is 0.0279. The van der Waals surface area contributed by atoms with Crippen molar-refractivity contribution in [2.45, 2.75) is 12.5 Å². The van der Waals surface area contributed by atoms with Crippen LogP contribution < -0.4 is 5.32 Å². The number of hydrogen-bond donors (Lipinski definition) is 2. The molecule has 6 nitrogen and oxygen atoms in total. The second-order valence-corrected chi connectivity index (χ2v) is 4.07. The number of nitrogens with one attached hydrogen (secondary N) is 1. The number of carbonyl (C=O) groups is 3. The summed E-state index contributed by atoms with van der Waals surface area (Å²) in [6, 6.07) is 4.95. The SMILES string of the molecule is CN1C(=O)CC(NC(=O)c2cccc(O)c2)C1=O. The molecule has 1 aliphatic heterocycles. The number of hydrogen-bond acceptors (Lipinski definition) is 4. The Kier molecular flexibility index (Phi) is 3.01. The lowest BCUT2D eigenvalue weighted by Gasteiger charge is -2.11. The lowest BCUT2D eigenvalue weighted by atomic mass is 10.1. The van der Waals surface area contributed by atoms with Gasteiger partial charge in [0.15, 0.2) is 0 Å². The summed E-state index contributed by atoms with van der Waals surface area (Å²) in [5, 5.41) is 11.7. The maximum Gasteiger partial charge on any atom is 0.252 e. The van der Waals surface area contributed by atoms with Gasteiger partial charge in [0.05, 0.1) is 6.42 Å². The molecule has 1 unspecified atom stereocenters. The van der Waals surface area contributed by atoms with Crippen LogP contribution in [0.1, 0.15) is 16.8 Å². The van der Waals surface area contributed by atoms with E-state index in [1.165, 1.54) is 31.3 Å². The molecule has 1 fully saturated rings. The second-order valence-electron chi connectivity index (χ2n) is 4.07. The van der Waals surface area contributed by atoms with Crippen LogP contribution in [0.15, 0.2) is 24.3 Å². The number of phenolic OH excluding ortho intramolecular Hbond substituents is 1. The molecule has 0 bridgehead atoms. The summed E-state index contributed by atoms with van der Waals surface area (Å²) < 4.78 is 0. The van der Waals surface area contributed by atoms with E-state index in [1.807, 2.05) is 0 Å². The fraction of sp³-hybridized carbons (Fsp3) is 0.250. The van der Waals surface area contributed by atoms with Crippen molar-refractivity contribution in [3.05, 3.63) is 29.8 Å². The Morgan fingerprint density at radius 1 is 1.44 bits per heavy atom. The predicted molar refractivity (Wildman–Crippen MR) is 61.8 cm³/mol. The zero-order chi connectivity index (χ0) is 13.3. The first-order valence-electron chi connectivity index (χ1n) is 5.39. The summed E-state index contributed by atoms with van der Waals surface area (Å²) in [4.78, 5) is 35.7. The van der Waals surface area contributed by atoms with Gasteiger partial charge in [0.1, 0.15) is 11.8 Å². The fourth-order valence-corrected chi connectivity index (χ4v) is 1.76. The number of benzene rings is 1. The van der Waals surface area contributed by atoms with Crippen LogP contribution in [-0.2, 0) is 9.59 Å². The van der Waals surface area contributed by atoms with E-state index in [2.05, 4.69) is 5.32 Å². The van der Waals surface area contributed by atoms with E-state index in [-0.39, 0.29) is 23.6 Å². The van der Waals surface area contributed by atoms with Crippen LogP contribution in [0.2, 0.25) is 0 Å². The number of carbonyl (C=O) groups excluding carboxylic acids is 3. The summed E-state index contributed by atoms with van der Waals surface area (Å²) in [7, 11) is 1.38. The normalized spacial score (nSPS) is 19.2. The quantitative estimate of drug-likeness (QED) is 0.714. The first-order chi connectivity index (χ1) is 8.49. The van der Waals surface area contributed by atoms with Crippen LogP contribution in [0.4, 0.5) is 0 Å². The van der Waals surface area contributed by atoms with E-state index in [4.69, 9.17) is 0 Å². The lowest BCUT2D eigenvalue weighted by molar-refractivity contribution is -0.137. The Labute approximate surface area is 103 Å². The molecule has 3 amide bonds. The molecule has 0 aromatic heterocycles. The van der Waals surface area contributed by atoms with Crippen LogP contribution in [0, 0.1) is 0 Å². The fourth-order valence-electron chi connectivity index (χ4n) is 1.76. The molecule has 1 heterocycles. The van der Waals surface area contributed by atoms with Crippen LogP contribution in [0.3, 0.4) is 0 Å². The Balaban J connectivity index is 2.09. The van der Waals surface area contributed by atoms with Gasteiger partial charge < -0.3 is 10.4 Å². The molecular weight excluding hydrogens is 236 g/mol. The molecule has 0 saturated carbocycles. The highest BCUT2D eigenvalue weighted by Crippen LogP contribution is 2.14. The number of amides is 3. The average molecular weight is 248 g/mol. The molecule has 94 valence electrons. The molecular formula is C12H12N2O4. The average Bonchev–Trinajstić information content (AvgIpc) is 2.57. The molecule has 0 aliphatic carbocycles. The minimum Gasteiger partial charge on any atom is -0.508 e. The highest BCUT2D eigenvalue weighted by Gasteiger charge is 2.36. The zero-order valence-corrected chi connectivity index (χ0v) is 9.71. The van der Waals surface area contributed by atoms with Crippen molar-refractivity contribution in [1.29, 1.82) is 0 Å². The highest BCUT2D eigenvalue weighted by atomic mass is 16.3. The highest BCUT2D eigenvalue weighted by molar-refractivity contribution is 6.08. The molecule has 1 aromatic carbocycles. The standard InChI is InChI=1S/C12H12N2O4/c1-14-10(16)6-9(12(14)18)13-11(17)7-3-2-4-8(15)5-7/h2-5,9,15H,6H2,1H3,(H,13,17). The summed E-state index contributed by atoms with van der Waals surface area (Å²) >= 11 is 0. The maximum absolute atomic E-state index is 11.8. The number of likely N-dealkylation sites (N-methyl/N-ethyl adjacent to an activating group) is 1. The van der Waals surface area contributed by atoms with Crippen molar-refractivity contribution in [3.8, 4) is 5.75 Å². The molecule has 1 aromatic rings. The van der Waals surface area contributed by atoms with E-state index >= 15 is 0 Å². The van der Waals surface area contributed by atoms with E-state index in [0.717, 1.165) is 4.90 Å². The van der Waals surface area contributed by atoms with Crippen molar-refractivity contribution >= 4 is 17.7 Å². The van der Waals surface area contributed by atoms with Crippen LogP contribution in [0.25, 0.3) is 0 Å². The predicted octanol–water partition coefficient (Wildman–Crippen LogP) is -0.121. The van der Waals surface area contributed by atoms with Crippen molar-refractivity contribution in [1.82, 2.24) is 10.2 Å². The van der Waals surface area contributed by atoms with Gasteiger partial charge in [-0.25, -0.2) is 0 Å². The second kappa shape index (κ2) is 4.48. The lowest BCUT2D eigenvalue weighted by Crippen LogP contribution is -2.40. The van der Waals surface area contributed by atoms with E-state index in [1.54, 1.807) is 0 Å². The van der Waals surface area contributed by atoms with Gasteiger partial charge in [0.2, 0.25) is 5.91 Å². The van der Waals surface area contributed by atoms with E-state index in [0.29, 0.717) is 0 Å². The number of phenols is 1. The third-order valence-electron chi connectivity index (χ3n) is 2.80. The van der Waals surface area contributed by atoms with Crippen molar-refractivity contribution in [2.75, 3.05) is 7.05 Å². The molecule has 1 aliphatic rings. The first kappa shape index (κ1) is 12.1. The van der Waals surface area contributed by atoms with Gasteiger partial charge >= 0.3 is 0 Å². The number of rotatable bonds is 2. The molecule has 1 saturated heterocycles. The number of imide groups is 1. The number of nitrogens with zero attached hydrogens (tertiary/aromatic N) is 1. The van der Waals surface area contributed by atoms with Crippen LogP contribution in [-0.4, -0.2) is 40.8 Å². The summed E-state index contributed by atoms with van der Waals surface area (Å²) in [5.41, 5.74) is 0.241. The van der Waals surface area contributed by atoms with Gasteiger partial charge in [-0.05, 0) is 18.2 Å². The van der Waals surface area contributed by atoms with Crippen LogP contribution in [0.5, 0.6) is 5.75 Å². The van der Waals surface area contributed by atoms with Gasteiger partial charge in [-0.15, -0.1) is 0 Å². The van der Waals surface area contributed by atoms with E-state index in [9.17, 15) is 19.5 Å². The smallest absolute Gasteiger partial charge is 0.252 e. The summed E-state index contributed by atoms with van der Waals surface area (Å²) in [6.07, 6.45) is -0.0279.